The fourth-order valence-electron chi connectivity index (χ4n) is 1.41. The second-order valence-electron chi connectivity index (χ2n) is 4.16. The summed E-state index contributed by atoms with van der Waals surface area (Å²) in [5.41, 5.74) is 1.87. The second-order valence-corrected chi connectivity index (χ2v) is 6.69. The molecule has 1 aromatic rings. The molecule has 0 N–H and O–H groups in total. The molecule has 0 aromatic carbocycles. The maximum Gasteiger partial charge on any atom is 0.149 e. The smallest absolute Gasteiger partial charge is 0.149 e. The number of nitrogens with zero attached hydrogens (tertiary/aromatic N) is 2. The first-order valence-corrected chi connectivity index (χ1v) is 7.84. The van der Waals surface area contributed by atoms with E-state index in [0.29, 0.717) is 12.4 Å². The lowest BCUT2D eigenvalue weighted by atomic mass is 10.2. The van der Waals surface area contributed by atoms with E-state index < -0.39 is 9.84 Å². The van der Waals surface area contributed by atoms with E-state index in [9.17, 15) is 8.42 Å². The number of anilines is 1. The maximum absolute atomic E-state index is 11.1. The summed E-state index contributed by atoms with van der Waals surface area (Å²) in [5.74, 6) is 1.30. The third-order valence-electron chi connectivity index (χ3n) is 2.34. The number of hydrogen-bond acceptors (Lipinski definition) is 4. The van der Waals surface area contributed by atoms with Crippen molar-refractivity contribution in [2.75, 3.05) is 30.5 Å². The first kappa shape index (κ1) is 14.3. The molecule has 4 nitrogen and oxygen atoms in total. The number of halogens is 1. The molecular formula is C11H17ClN2O2S. The average molecular weight is 277 g/mol. The van der Waals surface area contributed by atoms with Gasteiger partial charge in [0.15, 0.2) is 0 Å². The number of aromatic nitrogens is 1. The highest BCUT2D eigenvalue weighted by Gasteiger charge is 2.08. The largest absolute Gasteiger partial charge is 0.359 e. The number of rotatable bonds is 5. The third kappa shape index (κ3) is 4.91. The summed E-state index contributed by atoms with van der Waals surface area (Å²) in [6.45, 7) is 2.32. The maximum atomic E-state index is 11.1. The van der Waals surface area contributed by atoms with E-state index in [1.165, 1.54) is 6.26 Å². The van der Waals surface area contributed by atoms with Crippen molar-refractivity contribution < 1.29 is 8.42 Å². The summed E-state index contributed by atoms with van der Waals surface area (Å²) >= 11 is 5.78. The summed E-state index contributed by atoms with van der Waals surface area (Å²) in [4.78, 5) is 6.18. The van der Waals surface area contributed by atoms with Gasteiger partial charge < -0.3 is 4.90 Å². The van der Waals surface area contributed by atoms with Crippen LogP contribution in [0, 0.1) is 6.92 Å². The lowest BCUT2D eigenvalue weighted by molar-refractivity contribution is 0.601. The van der Waals surface area contributed by atoms with Gasteiger partial charge in [0.1, 0.15) is 15.7 Å². The van der Waals surface area contributed by atoms with Crippen molar-refractivity contribution in [3.63, 3.8) is 0 Å². The van der Waals surface area contributed by atoms with Crippen molar-refractivity contribution in [1.29, 1.82) is 0 Å². The number of sulfone groups is 1. The molecule has 0 fully saturated rings. The molecule has 0 radical (unpaired) electrons. The van der Waals surface area contributed by atoms with Gasteiger partial charge in [0.05, 0.1) is 5.75 Å². The molecule has 1 rings (SSSR count). The van der Waals surface area contributed by atoms with Crippen LogP contribution in [0.25, 0.3) is 0 Å². The standard InChI is InChI=1S/C11H17ClN2O2S/c1-9-6-10(8-12)7-11(13-9)14(2)4-5-17(3,15)16/h6-7H,4-5,8H2,1-3H3. The quantitative estimate of drug-likeness (QED) is 0.767. The molecular weight excluding hydrogens is 260 g/mol. The Morgan fingerprint density at radius 2 is 2.06 bits per heavy atom. The Bertz CT molecular complexity index is 488. The summed E-state index contributed by atoms with van der Waals surface area (Å²) in [7, 11) is -1.12. The molecule has 17 heavy (non-hydrogen) atoms. The molecule has 1 aromatic heterocycles. The van der Waals surface area contributed by atoms with Gasteiger partial charge in [-0.3, -0.25) is 0 Å². The molecule has 0 aliphatic carbocycles. The van der Waals surface area contributed by atoms with E-state index in [1.54, 1.807) is 0 Å². The monoisotopic (exact) mass is 276 g/mol. The summed E-state index contributed by atoms with van der Waals surface area (Å²) < 4.78 is 22.2. The second kappa shape index (κ2) is 5.69. The highest BCUT2D eigenvalue weighted by molar-refractivity contribution is 7.90. The Morgan fingerprint density at radius 1 is 1.41 bits per heavy atom. The molecule has 0 saturated heterocycles. The van der Waals surface area contributed by atoms with Gasteiger partial charge in [-0.15, -0.1) is 11.6 Å². The van der Waals surface area contributed by atoms with Gasteiger partial charge in [0.2, 0.25) is 0 Å². The Hall–Kier alpha value is -0.810. The Kier molecular flexibility index (Phi) is 4.77. The fourth-order valence-corrected chi connectivity index (χ4v) is 2.17. The molecule has 6 heteroatoms. The Labute approximate surface area is 108 Å². The van der Waals surface area contributed by atoms with Gasteiger partial charge in [0.25, 0.3) is 0 Å². The van der Waals surface area contributed by atoms with Gasteiger partial charge in [-0.25, -0.2) is 13.4 Å². The molecule has 96 valence electrons. The summed E-state index contributed by atoms with van der Waals surface area (Å²) in [6.07, 6.45) is 1.23. The lowest BCUT2D eigenvalue weighted by Crippen LogP contribution is -2.25. The zero-order valence-electron chi connectivity index (χ0n) is 10.3. The zero-order chi connectivity index (χ0) is 13.1. The topological polar surface area (TPSA) is 50.3 Å². The third-order valence-corrected chi connectivity index (χ3v) is 3.58. The molecule has 0 aliphatic rings. The molecule has 0 atom stereocenters. The number of aryl methyl sites for hydroxylation is 1. The minimum absolute atomic E-state index is 0.120. The molecule has 0 aliphatic heterocycles. The first-order valence-electron chi connectivity index (χ1n) is 5.24. The zero-order valence-corrected chi connectivity index (χ0v) is 11.8. The van der Waals surface area contributed by atoms with Gasteiger partial charge in [-0.2, -0.15) is 0 Å². The number of alkyl halides is 1. The Morgan fingerprint density at radius 3 is 2.59 bits per heavy atom. The normalized spacial score (nSPS) is 11.5. The SMILES string of the molecule is Cc1cc(CCl)cc(N(C)CCS(C)(=O)=O)n1. The van der Waals surface area contributed by atoms with Crippen molar-refractivity contribution in [3.8, 4) is 0 Å². The van der Waals surface area contributed by atoms with E-state index >= 15 is 0 Å². The van der Waals surface area contributed by atoms with Crippen LogP contribution in [0.3, 0.4) is 0 Å². The summed E-state index contributed by atoms with van der Waals surface area (Å²) in [5, 5.41) is 0. The highest BCUT2D eigenvalue weighted by atomic mass is 35.5. The van der Waals surface area contributed by atoms with E-state index in [-0.39, 0.29) is 5.75 Å². The van der Waals surface area contributed by atoms with Crippen LogP contribution in [0.4, 0.5) is 5.82 Å². The van der Waals surface area contributed by atoms with Crippen LogP contribution < -0.4 is 4.90 Å². The molecule has 0 amide bonds. The van der Waals surface area contributed by atoms with Crippen LogP contribution >= 0.6 is 11.6 Å². The van der Waals surface area contributed by atoms with E-state index in [0.717, 1.165) is 17.1 Å². The number of pyridine rings is 1. The van der Waals surface area contributed by atoms with E-state index in [1.807, 2.05) is 31.0 Å². The van der Waals surface area contributed by atoms with Crippen LogP contribution in [0.5, 0.6) is 0 Å². The lowest BCUT2D eigenvalue weighted by Gasteiger charge is -2.18. The van der Waals surface area contributed by atoms with Crippen molar-refractivity contribution >= 4 is 27.3 Å². The van der Waals surface area contributed by atoms with Crippen LogP contribution in [0.15, 0.2) is 12.1 Å². The van der Waals surface area contributed by atoms with Crippen molar-refractivity contribution in [2.24, 2.45) is 0 Å². The average Bonchev–Trinajstić information content (AvgIpc) is 2.23. The molecule has 0 spiro atoms. The summed E-state index contributed by atoms with van der Waals surface area (Å²) in [6, 6.07) is 3.79. The van der Waals surface area contributed by atoms with Gasteiger partial charge in [-0.05, 0) is 24.6 Å². The molecule has 1 heterocycles. The molecule has 0 saturated carbocycles. The predicted octanol–water partition coefficient (Wildman–Crippen LogP) is 1.61. The van der Waals surface area contributed by atoms with Crippen molar-refractivity contribution in [2.45, 2.75) is 12.8 Å². The Balaban J connectivity index is 2.81. The molecule has 0 bridgehead atoms. The first-order chi connectivity index (χ1) is 7.81. The van der Waals surface area contributed by atoms with Gasteiger partial charge in [-0.1, -0.05) is 0 Å². The minimum atomic E-state index is -2.95. The van der Waals surface area contributed by atoms with Gasteiger partial charge >= 0.3 is 0 Å². The van der Waals surface area contributed by atoms with E-state index in [2.05, 4.69) is 4.98 Å². The number of hydrogen-bond donors (Lipinski definition) is 0. The fraction of sp³-hybridized carbons (Fsp3) is 0.545. The van der Waals surface area contributed by atoms with Gasteiger partial charge in [0, 0.05) is 31.4 Å². The van der Waals surface area contributed by atoms with Crippen molar-refractivity contribution in [3.05, 3.63) is 23.4 Å². The van der Waals surface area contributed by atoms with Crippen LogP contribution in [-0.2, 0) is 15.7 Å². The van der Waals surface area contributed by atoms with Crippen LogP contribution in [-0.4, -0.2) is 39.0 Å². The van der Waals surface area contributed by atoms with E-state index in [4.69, 9.17) is 11.6 Å². The molecule has 0 unspecified atom stereocenters. The van der Waals surface area contributed by atoms with Crippen molar-refractivity contribution in [1.82, 2.24) is 4.98 Å². The predicted molar refractivity (Wildman–Crippen MR) is 71.5 cm³/mol. The van der Waals surface area contributed by atoms with Crippen LogP contribution in [0.2, 0.25) is 0 Å². The minimum Gasteiger partial charge on any atom is -0.359 e. The highest BCUT2D eigenvalue weighted by Crippen LogP contribution is 2.15. The van der Waals surface area contributed by atoms with Crippen LogP contribution in [0.1, 0.15) is 11.3 Å².